The Morgan fingerprint density at radius 2 is 2.00 bits per heavy atom. The van der Waals surface area contributed by atoms with Gasteiger partial charge in [-0.15, -0.1) is 0 Å². The fraction of sp³-hybridized carbons (Fsp3) is 0.500. The largest absolute Gasteiger partial charge is 0.368 e. The Labute approximate surface area is 158 Å². The van der Waals surface area contributed by atoms with E-state index >= 15 is 0 Å². The van der Waals surface area contributed by atoms with Crippen molar-refractivity contribution in [1.29, 1.82) is 0 Å². The molecule has 3 aliphatic heterocycles. The Kier molecular flexibility index (Phi) is 4.04. The van der Waals surface area contributed by atoms with E-state index in [2.05, 4.69) is 27.1 Å². The zero-order valence-corrected chi connectivity index (χ0v) is 15.6. The summed E-state index contributed by atoms with van der Waals surface area (Å²) in [5.74, 6) is 0.663. The van der Waals surface area contributed by atoms with Gasteiger partial charge in [0.1, 0.15) is 6.33 Å². The zero-order chi connectivity index (χ0) is 18.4. The molecule has 1 amide bonds. The van der Waals surface area contributed by atoms with E-state index in [0.29, 0.717) is 18.9 Å². The summed E-state index contributed by atoms with van der Waals surface area (Å²) >= 11 is 0. The molecule has 1 fully saturated rings. The standard InChI is InChI=1S/C20H24N6O/c1-13-17-7-21-3-2-16(17)18-10-26(11-19(18)24-13)20(27)4-14-8-25(9-14)15-5-22-12-23-6-15/h5-6,12,14,21H,2-4,7-11H2,1H3. The zero-order valence-electron chi connectivity index (χ0n) is 15.6. The van der Waals surface area contributed by atoms with Crippen LogP contribution in [0.2, 0.25) is 0 Å². The lowest BCUT2D eigenvalue weighted by Crippen LogP contribution is -2.48. The Morgan fingerprint density at radius 1 is 1.19 bits per heavy atom. The lowest BCUT2D eigenvalue weighted by atomic mass is 9.94. The first kappa shape index (κ1) is 16.6. The second-order valence-electron chi connectivity index (χ2n) is 7.83. The molecule has 1 saturated heterocycles. The van der Waals surface area contributed by atoms with E-state index in [1.54, 1.807) is 6.33 Å². The van der Waals surface area contributed by atoms with Gasteiger partial charge in [0.2, 0.25) is 5.91 Å². The molecule has 0 aliphatic carbocycles. The molecule has 1 N–H and O–H groups in total. The average Bonchev–Trinajstić information content (AvgIpc) is 3.09. The van der Waals surface area contributed by atoms with Crippen molar-refractivity contribution < 1.29 is 4.79 Å². The highest BCUT2D eigenvalue weighted by molar-refractivity contribution is 5.77. The van der Waals surface area contributed by atoms with Crippen molar-refractivity contribution in [2.75, 3.05) is 24.5 Å². The first-order valence-electron chi connectivity index (χ1n) is 9.67. The second kappa shape index (κ2) is 6.56. The summed E-state index contributed by atoms with van der Waals surface area (Å²) in [7, 11) is 0. The smallest absolute Gasteiger partial charge is 0.223 e. The summed E-state index contributed by atoms with van der Waals surface area (Å²) in [5, 5.41) is 3.43. The molecule has 2 aromatic rings. The number of nitrogens with one attached hydrogen (secondary N) is 1. The second-order valence-corrected chi connectivity index (χ2v) is 7.83. The third-order valence-electron chi connectivity index (χ3n) is 6.04. The van der Waals surface area contributed by atoms with Crippen LogP contribution in [0.25, 0.3) is 0 Å². The first-order chi connectivity index (χ1) is 13.2. The summed E-state index contributed by atoms with van der Waals surface area (Å²) in [6.07, 6.45) is 6.85. The van der Waals surface area contributed by atoms with E-state index in [1.165, 1.54) is 16.7 Å². The van der Waals surface area contributed by atoms with E-state index in [9.17, 15) is 4.79 Å². The summed E-state index contributed by atoms with van der Waals surface area (Å²) in [4.78, 5) is 30.0. The average molecular weight is 364 g/mol. The number of amides is 1. The van der Waals surface area contributed by atoms with Crippen molar-refractivity contribution in [2.24, 2.45) is 5.92 Å². The van der Waals surface area contributed by atoms with E-state index in [4.69, 9.17) is 4.98 Å². The highest BCUT2D eigenvalue weighted by atomic mass is 16.2. The lowest BCUT2D eigenvalue weighted by Gasteiger charge is -2.40. The van der Waals surface area contributed by atoms with Crippen LogP contribution in [0.3, 0.4) is 0 Å². The molecular weight excluding hydrogens is 340 g/mol. The van der Waals surface area contributed by atoms with Gasteiger partial charge in [-0.2, -0.15) is 0 Å². The minimum Gasteiger partial charge on any atom is -0.368 e. The molecule has 7 heteroatoms. The number of aryl methyl sites for hydroxylation is 1. The normalized spacial score (nSPS) is 18.9. The minimum atomic E-state index is 0.252. The Morgan fingerprint density at radius 3 is 2.81 bits per heavy atom. The number of aromatic nitrogens is 3. The molecule has 0 aromatic carbocycles. The summed E-state index contributed by atoms with van der Waals surface area (Å²) < 4.78 is 0. The van der Waals surface area contributed by atoms with Crippen LogP contribution in [0.15, 0.2) is 18.7 Å². The number of carbonyl (C=O) groups is 1. The fourth-order valence-corrected chi connectivity index (χ4v) is 4.54. The number of carbonyl (C=O) groups excluding carboxylic acids is 1. The highest BCUT2D eigenvalue weighted by Gasteiger charge is 2.34. The van der Waals surface area contributed by atoms with Gasteiger partial charge in [-0.3, -0.25) is 9.78 Å². The van der Waals surface area contributed by atoms with Gasteiger partial charge < -0.3 is 15.1 Å². The first-order valence-corrected chi connectivity index (χ1v) is 9.67. The Hall–Kier alpha value is -2.54. The van der Waals surface area contributed by atoms with E-state index in [1.807, 2.05) is 17.3 Å². The molecule has 0 unspecified atom stereocenters. The van der Waals surface area contributed by atoms with Crippen LogP contribution < -0.4 is 10.2 Å². The number of nitrogens with zero attached hydrogens (tertiary/aromatic N) is 5. The van der Waals surface area contributed by atoms with Crippen LogP contribution >= 0.6 is 0 Å². The quantitative estimate of drug-likeness (QED) is 0.882. The van der Waals surface area contributed by atoms with Crippen molar-refractivity contribution in [2.45, 2.75) is 39.4 Å². The molecule has 0 atom stereocenters. The molecule has 5 heterocycles. The van der Waals surface area contributed by atoms with Crippen molar-refractivity contribution in [3.63, 3.8) is 0 Å². The Bertz CT molecular complexity index is 878. The van der Waals surface area contributed by atoms with Crippen molar-refractivity contribution in [3.05, 3.63) is 46.8 Å². The van der Waals surface area contributed by atoms with Gasteiger partial charge in [-0.1, -0.05) is 0 Å². The Balaban J connectivity index is 1.23. The molecule has 0 saturated carbocycles. The topological polar surface area (TPSA) is 74.2 Å². The molecular formula is C20H24N6O. The minimum absolute atomic E-state index is 0.252. The summed E-state index contributed by atoms with van der Waals surface area (Å²) in [6, 6.07) is 0. The van der Waals surface area contributed by atoms with Gasteiger partial charge in [-0.05, 0) is 36.6 Å². The monoisotopic (exact) mass is 364 g/mol. The predicted molar refractivity (Wildman–Crippen MR) is 101 cm³/mol. The maximum atomic E-state index is 12.9. The van der Waals surface area contributed by atoms with Crippen molar-refractivity contribution in [1.82, 2.24) is 25.2 Å². The number of pyridine rings is 1. The molecule has 140 valence electrons. The van der Waals surface area contributed by atoms with Crippen molar-refractivity contribution >= 4 is 11.6 Å². The highest BCUT2D eigenvalue weighted by Crippen LogP contribution is 2.32. The molecule has 27 heavy (non-hydrogen) atoms. The molecule has 5 rings (SSSR count). The SMILES string of the molecule is Cc1nc2c(c3c1CNCC3)CN(C(=O)CC1CN(c3cncnc3)C1)C2. The number of rotatable bonds is 3. The van der Waals surface area contributed by atoms with Gasteiger partial charge in [0.25, 0.3) is 0 Å². The van der Waals surface area contributed by atoms with Gasteiger partial charge in [-0.25, -0.2) is 9.97 Å². The van der Waals surface area contributed by atoms with Gasteiger partial charge in [0.15, 0.2) is 0 Å². The van der Waals surface area contributed by atoms with Crippen LogP contribution in [0.1, 0.15) is 34.5 Å². The maximum Gasteiger partial charge on any atom is 0.223 e. The van der Waals surface area contributed by atoms with Crippen LogP contribution in [0.5, 0.6) is 0 Å². The van der Waals surface area contributed by atoms with Gasteiger partial charge >= 0.3 is 0 Å². The van der Waals surface area contributed by atoms with Crippen LogP contribution in [0, 0.1) is 12.8 Å². The summed E-state index contributed by atoms with van der Waals surface area (Å²) in [5.41, 5.74) is 7.35. The number of anilines is 1. The van der Waals surface area contributed by atoms with Crippen LogP contribution in [0.4, 0.5) is 5.69 Å². The van der Waals surface area contributed by atoms with Crippen LogP contribution in [-0.2, 0) is 30.8 Å². The molecule has 3 aliphatic rings. The summed E-state index contributed by atoms with van der Waals surface area (Å²) in [6.45, 7) is 7.20. The number of hydrogen-bond acceptors (Lipinski definition) is 6. The van der Waals surface area contributed by atoms with Crippen LogP contribution in [-0.4, -0.2) is 45.4 Å². The lowest BCUT2D eigenvalue weighted by molar-refractivity contribution is -0.133. The predicted octanol–water partition coefficient (Wildman–Crippen LogP) is 1.19. The van der Waals surface area contributed by atoms with Gasteiger partial charge in [0.05, 0.1) is 30.3 Å². The van der Waals surface area contributed by atoms with E-state index in [0.717, 1.165) is 56.2 Å². The number of hydrogen-bond donors (Lipinski definition) is 1. The third-order valence-corrected chi connectivity index (χ3v) is 6.04. The molecule has 7 nitrogen and oxygen atoms in total. The fourth-order valence-electron chi connectivity index (χ4n) is 4.54. The molecule has 0 radical (unpaired) electrons. The number of fused-ring (bicyclic) bond motifs is 3. The third kappa shape index (κ3) is 2.96. The van der Waals surface area contributed by atoms with Crippen molar-refractivity contribution in [3.8, 4) is 0 Å². The molecule has 0 bridgehead atoms. The van der Waals surface area contributed by atoms with E-state index in [-0.39, 0.29) is 5.91 Å². The maximum absolute atomic E-state index is 12.9. The van der Waals surface area contributed by atoms with E-state index < -0.39 is 0 Å². The molecule has 2 aromatic heterocycles. The van der Waals surface area contributed by atoms with Gasteiger partial charge in [0, 0.05) is 44.2 Å². The molecule has 0 spiro atoms.